The van der Waals surface area contributed by atoms with E-state index < -0.39 is 92.3 Å². The normalized spacial score (nSPS) is 33.0. The van der Waals surface area contributed by atoms with Crippen LogP contribution in [-0.4, -0.2) is 139 Å². The van der Waals surface area contributed by atoms with Crippen molar-refractivity contribution in [3.05, 3.63) is 53.1 Å². The number of aromatic hydroxyl groups is 1. The third-order valence-corrected chi connectivity index (χ3v) is 7.48. The van der Waals surface area contributed by atoms with Gasteiger partial charge in [0.1, 0.15) is 60.1 Å². The number of phenolic OH excluding ortho intramolecular Hbond substituents is 1. The minimum absolute atomic E-state index is 0.0736. The molecule has 44 heavy (non-hydrogen) atoms. The average Bonchev–Trinajstić information content (AvgIpc) is 3.01. The van der Waals surface area contributed by atoms with Crippen molar-refractivity contribution < 1.29 is 79.5 Å². The first-order chi connectivity index (χ1) is 20.9. The lowest BCUT2D eigenvalue weighted by Crippen LogP contribution is -2.60. The Bertz CT molecular complexity index is 1270. The molecule has 2 heterocycles. The quantitative estimate of drug-likeness (QED) is 0.116. The highest BCUT2D eigenvalue weighted by Gasteiger charge is 2.47. The minimum atomic E-state index is -1.94. The third kappa shape index (κ3) is 6.90. The van der Waals surface area contributed by atoms with Gasteiger partial charge >= 0.3 is 5.97 Å². The van der Waals surface area contributed by atoms with Gasteiger partial charge in [-0.2, -0.15) is 0 Å². The summed E-state index contributed by atoms with van der Waals surface area (Å²) < 4.78 is 26.7. The summed E-state index contributed by atoms with van der Waals surface area (Å²) >= 11 is 0. The second-order valence-electron chi connectivity index (χ2n) is 10.4. The molecular formula is C28H36O16. The van der Waals surface area contributed by atoms with Gasteiger partial charge in [-0.25, -0.2) is 4.79 Å². The molecule has 4 rings (SSSR count). The molecule has 2 aromatic rings. The van der Waals surface area contributed by atoms with Crippen molar-refractivity contribution in [3.8, 4) is 17.2 Å². The van der Waals surface area contributed by atoms with E-state index in [-0.39, 0.29) is 34.8 Å². The van der Waals surface area contributed by atoms with Crippen molar-refractivity contribution in [3.63, 3.8) is 0 Å². The fourth-order valence-corrected chi connectivity index (χ4v) is 4.94. The summed E-state index contributed by atoms with van der Waals surface area (Å²) in [6.45, 7) is -1.54. The zero-order chi connectivity index (χ0) is 32.3. The summed E-state index contributed by atoms with van der Waals surface area (Å²) in [5.41, 5.74) is -0.0838. The number of benzene rings is 2. The van der Waals surface area contributed by atoms with Crippen molar-refractivity contribution >= 4 is 5.97 Å². The molecule has 244 valence electrons. The molecule has 2 saturated heterocycles. The van der Waals surface area contributed by atoms with Crippen LogP contribution < -0.4 is 9.47 Å². The van der Waals surface area contributed by atoms with Crippen LogP contribution in [0.4, 0.5) is 0 Å². The van der Waals surface area contributed by atoms with Gasteiger partial charge in [0.05, 0.1) is 26.4 Å². The lowest BCUT2D eigenvalue weighted by atomic mass is 9.96. The van der Waals surface area contributed by atoms with E-state index in [0.717, 1.165) is 0 Å². The number of esters is 1. The number of aliphatic hydroxyl groups excluding tert-OH is 9. The van der Waals surface area contributed by atoms with Crippen LogP contribution in [0.2, 0.25) is 0 Å². The summed E-state index contributed by atoms with van der Waals surface area (Å²) in [5, 5.41) is 102. The molecule has 0 aromatic heterocycles. The maximum absolute atomic E-state index is 13.6. The highest BCUT2D eigenvalue weighted by Crippen LogP contribution is 2.34. The van der Waals surface area contributed by atoms with Gasteiger partial charge in [0, 0.05) is 6.42 Å². The summed E-state index contributed by atoms with van der Waals surface area (Å²) in [6.07, 6.45) is -18.8. The van der Waals surface area contributed by atoms with Gasteiger partial charge in [0.2, 0.25) is 12.6 Å². The molecule has 11 atom stereocenters. The Morgan fingerprint density at radius 2 is 1.41 bits per heavy atom. The van der Waals surface area contributed by atoms with Crippen LogP contribution in [0.15, 0.2) is 36.4 Å². The molecular weight excluding hydrogens is 592 g/mol. The van der Waals surface area contributed by atoms with Crippen molar-refractivity contribution in [2.45, 2.75) is 73.9 Å². The van der Waals surface area contributed by atoms with Crippen molar-refractivity contribution in [2.75, 3.05) is 20.3 Å². The van der Waals surface area contributed by atoms with E-state index in [0.29, 0.717) is 0 Å². The number of aliphatic hydroxyl groups is 9. The third-order valence-electron chi connectivity index (χ3n) is 7.48. The number of methoxy groups -OCH3 is 1. The Labute approximate surface area is 250 Å². The van der Waals surface area contributed by atoms with Crippen LogP contribution in [-0.2, 0) is 20.6 Å². The molecule has 0 bridgehead atoms. The van der Waals surface area contributed by atoms with Crippen molar-refractivity contribution in [1.29, 1.82) is 0 Å². The van der Waals surface area contributed by atoms with Gasteiger partial charge in [-0.05, 0) is 29.3 Å². The molecule has 2 fully saturated rings. The zero-order valence-electron chi connectivity index (χ0n) is 23.4. The molecule has 0 radical (unpaired) electrons. The highest BCUT2D eigenvalue weighted by atomic mass is 16.7. The van der Waals surface area contributed by atoms with E-state index in [1.165, 1.54) is 43.5 Å². The van der Waals surface area contributed by atoms with E-state index >= 15 is 0 Å². The first-order valence-electron chi connectivity index (χ1n) is 13.6. The number of rotatable bonds is 10. The molecule has 16 nitrogen and oxygen atoms in total. The molecule has 2 aliphatic heterocycles. The van der Waals surface area contributed by atoms with Crippen LogP contribution in [0.25, 0.3) is 0 Å². The van der Waals surface area contributed by atoms with Crippen LogP contribution in [0.3, 0.4) is 0 Å². The molecule has 1 unspecified atom stereocenters. The molecule has 2 aromatic carbocycles. The maximum Gasteiger partial charge on any atom is 0.344 e. The Hall–Kier alpha value is -3.13. The first kappa shape index (κ1) is 33.8. The van der Waals surface area contributed by atoms with Crippen LogP contribution in [0.5, 0.6) is 17.2 Å². The van der Waals surface area contributed by atoms with Crippen molar-refractivity contribution in [2.24, 2.45) is 0 Å². The van der Waals surface area contributed by atoms with Gasteiger partial charge in [0.25, 0.3) is 0 Å². The first-order valence-corrected chi connectivity index (χ1v) is 13.6. The van der Waals surface area contributed by atoms with E-state index in [9.17, 15) is 55.9 Å². The second-order valence-corrected chi connectivity index (χ2v) is 10.4. The van der Waals surface area contributed by atoms with Crippen LogP contribution >= 0.6 is 0 Å². The van der Waals surface area contributed by atoms with Crippen molar-refractivity contribution in [1.82, 2.24) is 0 Å². The number of hydrogen-bond donors (Lipinski definition) is 10. The average molecular weight is 629 g/mol. The molecule has 2 aliphatic rings. The SMILES string of the molecule is COc1ccc(C(O)Cc2cccc(O[C@@H]3O[C@H](CO)[C@@H](O)[C@H](O)[C@H]3O)c2C(=O)O[C@@H]2O[C@H](CO)[C@@H](O)[C@H](O)[C@H]2O)cc1O. The number of carbonyl (C=O) groups is 1. The van der Waals surface area contributed by atoms with Gasteiger partial charge in [-0.15, -0.1) is 0 Å². The van der Waals surface area contributed by atoms with Crippen LogP contribution in [0.1, 0.15) is 27.6 Å². The van der Waals surface area contributed by atoms with Gasteiger partial charge < -0.3 is 74.7 Å². The van der Waals surface area contributed by atoms with Crippen LogP contribution in [0, 0.1) is 0 Å². The largest absolute Gasteiger partial charge is 0.504 e. The fourth-order valence-electron chi connectivity index (χ4n) is 4.94. The maximum atomic E-state index is 13.6. The predicted molar refractivity (Wildman–Crippen MR) is 143 cm³/mol. The smallest absolute Gasteiger partial charge is 0.344 e. The number of carbonyl (C=O) groups excluding carboxylic acids is 1. The monoisotopic (exact) mass is 628 g/mol. The topological polar surface area (TPSA) is 266 Å². The van der Waals surface area contributed by atoms with E-state index in [1.54, 1.807) is 0 Å². The number of ether oxygens (including phenoxy) is 5. The Balaban J connectivity index is 1.69. The molecule has 10 N–H and O–H groups in total. The molecule has 0 spiro atoms. The molecule has 0 amide bonds. The van der Waals surface area contributed by atoms with Gasteiger partial charge in [0.15, 0.2) is 11.5 Å². The summed E-state index contributed by atoms with van der Waals surface area (Å²) in [6, 6.07) is 8.22. The molecule has 0 aliphatic carbocycles. The van der Waals surface area contributed by atoms with Gasteiger partial charge in [-0.1, -0.05) is 18.2 Å². The Morgan fingerprint density at radius 1 is 0.818 bits per heavy atom. The summed E-state index contributed by atoms with van der Waals surface area (Å²) in [7, 11) is 1.35. The number of phenols is 1. The van der Waals surface area contributed by atoms with E-state index in [1.807, 2.05) is 0 Å². The van der Waals surface area contributed by atoms with Gasteiger partial charge in [-0.3, -0.25) is 0 Å². The second kappa shape index (κ2) is 14.3. The molecule has 16 heteroatoms. The highest BCUT2D eigenvalue weighted by molar-refractivity contribution is 5.94. The fraction of sp³-hybridized carbons (Fsp3) is 0.536. The molecule has 0 saturated carbocycles. The Morgan fingerprint density at radius 3 is 1.98 bits per heavy atom. The lowest BCUT2D eigenvalue weighted by Gasteiger charge is -2.40. The standard InChI is InChI=1S/C28H36O16/c1-40-15-6-5-11(7-14(15)32)13(31)8-12-3-2-4-16(41-27-24(37)22(35)20(33)17(9-29)42-27)19(12)26(39)44-28-25(38)23(36)21(34)18(10-30)43-28/h2-7,13,17-18,20-25,27-38H,8-10H2,1H3/t13?,17-,18-,20-,21-,22+,23+,24-,25-,27-,28+/m1/s1. The predicted octanol–water partition coefficient (Wildman–Crippen LogP) is -3.19. The Kier molecular flexibility index (Phi) is 11.0. The van der Waals surface area contributed by atoms with E-state index in [4.69, 9.17) is 23.7 Å². The minimum Gasteiger partial charge on any atom is -0.504 e. The summed E-state index contributed by atoms with van der Waals surface area (Å²) in [5.74, 6) is -1.67. The zero-order valence-corrected chi connectivity index (χ0v) is 23.4. The summed E-state index contributed by atoms with van der Waals surface area (Å²) in [4.78, 5) is 13.6. The number of hydrogen-bond acceptors (Lipinski definition) is 16. The lowest BCUT2D eigenvalue weighted by molar-refractivity contribution is -0.285. The van der Waals surface area contributed by atoms with E-state index in [2.05, 4.69) is 0 Å².